The number of piperidine rings is 1. The van der Waals surface area contributed by atoms with Gasteiger partial charge in [-0.2, -0.15) is 4.31 Å². The third kappa shape index (κ3) is 2.52. The van der Waals surface area contributed by atoms with Crippen molar-refractivity contribution in [3.63, 3.8) is 0 Å². The lowest BCUT2D eigenvalue weighted by molar-refractivity contribution is 0.222. The van der Waals surface area contributed by atoms with Crippen LogP contribution in [-0.4, -0.2) is 30.9 Å². The van der Waals surface area contributed by atoms with Crippen LogP contribution in [0.5, 0.6) is 5.75 Å². The molecule has 1 aromatic carbocycles. The molecule has 1 heterocycles. The molecule has 100 valence electrons. The van der Waals surface area contributed by atoms with E-state index < -0.39 is 10.0 Å². The first-order chi connectivity index (χ1) is 8.41. The predicted molar refractivity (Wildman–Crippen MR) is 69.8 cm³/mol. The highest BCUT2D eigenvalue weighted by Gasteiger charge is 2.32. The maximum absolute atomic E-state index is 12.5. The van der Waals surface area contributed by atoms with E-state index in [1.807, 2.05) is 0 Å². The summed E-state index contributed by atoms with van der Waals surface area (Å²) in [7, 11) is -3.58. The summed E-state index contributed by atoms with van der Waals surface area (Å²) < 4.78 is 26.4. The van der Waals surface area contributed by atoms with Crippen molar-refractivity contribution in [2.45, 2.75) is 25.2 Å². The van der Waals surface area contributed by atoms with Crippen LogP contribution in [-0.2, 0) is 10.0 Å². The van der Waals surface area contributed by atoms with Gasteiger partial charge in [-0.25, -0.2) is 8.42 Å². The highest BCUT2D eigenvalue weighted by molar-refractivity contribution is 7.89. The molecule has 2 unspecified atom stereocenters. The number of phenols is 1. The Hall–Kier alpha value is -1.07. The third-order valence-electron chi connectivity index (χ3n) is 3.32. The minimum absolute atomic E-state index is 0.00583. The monoisotopic (exact) mass is 269 g/mol. The van der Waals surface area contributed by atoms with Crippen LogP contribution in [0.3, 0.4) is 0 Å². The van der Waals surface area contributed by atoms with Gasteiger partial charge >= 0.3 is 0 Å². The fourth-order valence-corrected chi connectivity index (χ4v) is 4.38. The lowest BCUT2D eigenvalue weighted by Crippen LogP contribution is -2.42. The van der Waals surface area contributed by atoms with Gasteiger partial charge in [-0.1, -0.05) is 26.0 Å². The van der Waals surface area contributed by atoms with E-state index >= 15 is 0 Å². The molecule has 0 saturated carbocycles. The van der Waals surface area contributed by atoms with Crippen LogP contribution >= 0.6 is 0 Å². The normalized spacial score (nSPS) is 26.1. The summed E-state index contributed by atoms with van der Waals surface area (Å²) in [5.41, 5.74) is 0. The highest BCUT2D eigenvalue weighted by atomic mass is 32.2. The van der Waals surface area contributed by atoms with Crippen molar-refractivity contribution < 1.29 is 13.5 Å². The molecular formula is C13H19NO3S. The van der Waals surface area contributed by atoms with Crippen LogP contribution in [0.4, 0.5) is 0 Å². The van der Waals surface area contributed by atoms with Crippen LogP contribution in [0.25, 0.3) is 0 Å². The van der Waals surface area contributed by atoms with E-state index in [9.17, 15) is 13.5 Å². The summed E-state index contributed by atoms with van der Waals surface area (Å²) >= 11 is 0. The van der Waals surface area contributed by atoms with Crippen molar-refractivity contribution in [2.24, 2.45) is 11.8 Å². The maximum Gasteiger partial charge on any atom is 0.246 e. The number of sulfonamides is 1. The van der Waals surface area contributed by atoms with Gasteiger partial charge in [0.15, 0.2) is 0 Å². The van der Waals surface area contributed by atoms with Crippen LogP contribution < -0.4 is 0 Å². The Labute approximate surface area is 108 Å². The van der Waals surface area contributed by atoms with Gasteiger partial charge in [-0.3, -0.25) is 0 Å². The van der Waals surface area contributed by atoms with Gasteiger partial charge in [-0.15, -0.1) is 0 Å². The first-order valence-corrected chi connectivity index (χ1v) is 7.63. The average Bonchev–Trinajstić information content (AvgIpc) is 2.28. The Balaban J connectivity index is 2.34. The summed E-state index contributed by atoms with van der Waals surface area (Å²) in [4.78, 5) is 0.00583. The molecule has 2 rings (SSSR count). The molecule has 0 amide bonds. The van der Waals surface area contributed by atoms with Gasteiger partial charge in [-0.05, 0) is 30.4 Å². The predicted octanol–water partition coefficient (Wildman–Crippen LogP) is 2.06. The van der Waals surface area contributed by atoms with E-state index in [0.29, 0.717) is 24.9 Å². The van der Waals surface area contributed by atoms with E-state index in [2.05, 4.69) is 13.8 Å². The molecule has 1 fully saturated rings. The van der Waals surface area contributed by atoms with Crippen molar-refractivity contribution in [2.75, 3.05) is 13.1 Å². The second-order valence-electron chi connectivity index (χ2n) is 5.24. The van der Waals surface area contributed by atoms with E-state index in [4.69, 9.17) is 0 Å². The van der Waals surface area contributed by atoms with Crippen LogP contribution in [0.1, 0.15) is 20.3 Å². The number of nitrogens with zero attached hydrogens (tertiary/aromatic N) is 1. The Morgan fingerprint density at radius 3 is 2.28 bits per heavy atom. The molecule has 5 heteroatoms. The van der Waals surface area contributed by atoms with E-state index in [0.717, 1.165) is 6.42 Å². The molecule has 1 aliphatic heterocycles. The molecule has 4 nitrogen and oxygen atoms in total. The zero-order valence-electron chi connectivity index (χ0n) is 10.7. The molecule has 0 bridgehead atoms. The van der Waals surface area contributed by atoms with Crippen LogP contribution in [0.2, 0.25) is 0 Å². The minimum Gasteiger partial charge on any atom is -0.507 e. The zero-order valence-corrected chi connectivity index (χ0v) is 11.5. The second-order valence-corrected chi connectivity index (χ2v) is 7.14. The Morgan fingerprint density at radius 2 is 1.72 bits per heavy atom. The fourth-order valence-electron chi connectivity index (χ4n) is 2.62. The number of benzene rings is 1. The topological polar surface area (TPSA) is 57.6 Å². The molecule has 0 aromatic heterocycles. The summed E-state index contributed by atoms with van der Waals surface area (Å²) in [5, 5.41) is 9.70. The Morgan fingerprint density at radius 1 is 1.17 bits per heavy atom. The third-order valence-corrected chi connectivity index (χ3v) is 5.20. The zero-order chi connectivity index (χ0) is 13.3. The fraction of sp³-hybridized carbons (Fsp3) is 0.538. The molecule has 2 atom stereocenters. The van der Waals surface area contributed by atoms with Gasteiger partial charge < -0.3 is 5.11 Å². The van der Waals surface area contributed by atoms with Gasteiger partial charge in [0.1, 0.15) is 10.6 Å². The first kappa shape index (κ1) is 13.4. The first-order valence-electron chi connectivity index (χ1n) is 6.19. The smallest absolute Gasteiger partial charge is 0.246 e. The number of hydrogen-bond donors (Lipinski definition) is 1. The lowest BCUT2D eigenvalue weighted by atomic mass is 9.94. The molecule has 0 radical (unpaired) electrons. The van der Waals surface area contributed by atoms with Crippen LogP contribution in [0, 0.1) is 11.8 Å². The number of para-hydroxylation sites is 1. The average molecular weight is 269 g/mol. The molecule has 1 aliphatic rings. The molecule has 0 aliphatic carbocycles. The van der Waals surface area contributed by atoms with Crippen molar-refractivity contribution in [1.82, 2.24) is 4.31 Å². The number of phenolic OH excluding ortho intramolecular Hbond substituents is 1. The molecule has 1 aromatic rings. The van der Waals surface area contributed by atoms with Gasteiger partial charge in [0.05, 0.1) is 0 Å². The summed E-state index contributed by atoms with van der Waals surface area (Å²) in [6.07, 6.45) is 1.05. The Kier molecular flexibility index (Phi) is 3.64. The van der Waals surface area contributed by atoms with Crippen molar-refractivity contribution in [3.8, 4) is 5.75 Å². The number of aromatic hydroxyl groups is 1. The van der Waals surface area contributed by atoms with Crippen molar-refractivity contribution in [1.29, 1.82) is 0 Å². The molecule has 0 spiro atoms. The van der Waals surface area contributed by atoms with Crippen molar-refractivity contribution in [3.05, 3.63) is 24.3 Å². The Bertz CT molecular complexity index is 517. The molecule has 1 N–H and O–H groups in total. The molecular weight excluding hydrogens is 250 g/mol. The van der Waals surface area contributed by atoms with Gasteiger partial charge in [0.2, 0.25) is 10.0 Å². The summed E-state index contributed by atoms with van der Waals surface area (Å²) in [5.74, 6) is 0.534. The number of rotatable bonds is 2. The molecule has 18 heavy (non-hydrogen) atoms. The van der Waals surface area contributed by atoms with Crippen molar-refractivity contribution >= 4 is 10.0 Å². The number of hydrogen-bond acceptors (Lipinski definition) is 3. The highest BCUT2D eigenvalue weighted by Crippen LogP contribution is 2.30. The van der Waals surface area contributed by atoms with Gasteiger partial charge in [0, 0.05) is 13.1 Å². The van der Waals surface area contributed by atoms with E-state index in [1.54, 1.807) is 12.1 Å². The SMILES string of the molecule is CC1CC(C)CN(S(=O)(=O)c2ccccc2O)C1. The summed E-state index contributed by atoms with van der Waals surface area (Å²) in [6, 6.07) is 6.11. The summed E-state index contributed by atoms with van der Waals surface area (Å²) in [6.45, 7) is 5.17. The van der Waals surface area contributed by atoms with E-state index in [1.165, 1.54) is 16.4 Å². The quantitative estimate of drug-likeness (QED) is 0.894. The maximum atomic E-state index is 12.5. The molecule has 1 saturated heterocycles. The minimum atomic E-state index is -3.58. The van der Waals surface area contributed by atoms with Gasteiger partial charge in [0.25, 0.3) is 0 Å². The second kappa shape index (κ2) is 4.90. The lowest BCUT2D eigenvalue weighted by Gasteiger charge is -2.34. The largest absolute Gasteiger partial charge is 0.507 e. The van der Waals surface area contributed by atoms with Crippen LogP contribution in [0.15, 0.2) is 29.2 Å². The standard InChI is InChI=1S/C13H19NO3S/c1-10-7-11(2)9-14(8-10)18(16,17)13-6-4-3-5-12(13)15/h3-6,10-11,15H,7-9H2,1-2H3. The van der Waals surface area contributed by atoms with E-state index in [-0.39, 0.29) is 10.6 Å².